The fraction of sp³-hybridized carbons (Fsp3) is 0.364. The Hall–Kier alpha value is -3.97. The summed E-state index contributed by atoms with van der Waals surface area (Å²) in [6.45, 7) is 6.08. The average Bonchev–Trinajstić information content (AvgIpc) is 3.33. The fourth-order valence-corrected chi connectivity index (χ4v) is 5.87. The molecule has 0 spiro atoms. The molecule has 1 fully saturated rings. The highest BCUT2D eigenvalue weighted by molar-refractivity contribution is 6.20. The SMILES string of the molecule is CCCCCCC(=O)O/N=C1\CCn2c3ccc(C(=O)c4ccc(N5CCOCC5)cc4)cc3c3cccc1c32. The topological polar surface area (TPSA) is 73.1 Å². The van der Waals surface area contributed by atoms with Crippen LogP contribution < -0.4 is 4.90 Å². The first-order valence-electron chi connectivity index (χ1n) is 14.4. The van der Waals surface area contributed by atoms with Crippen molar-refractivity contribution in [1.29, 1.82) is 0 Å². The minimum atomic E-state index is -0.275. The van der Waals surface area contributed by atoms with Crippen LogP contribution in [0.1, 0.15) is 66.9 Å². The molecule has 2 aliphatic rings. The Morgan fingerprint density at radius 3 is 2.50 bits per heavy atom. The summed E-state index contributed by atoms with van der Waals surface area (Å²) in [6.07, 6.45) is 5.20. The number of hydrogen-bond acceptors (Lipinski definition) is 6. The van der Waals surface area contributed by atoms with Gasteiger partial charge in [-0.25, -0.2) is 4.79 Å². The lowest BCUT2D eigenvalue weighted by molar-refractivity contribution is -0.143. The summed E-state index contributed by atoms with van der Waals surface area (Å²) in [7, 11) is 0. The number of rotatable bonds is 9. The van der Waals surface area contributed by atoms with E-state index < -0.39 is 0 Å². The number of nitrogens with zero attached hydrogens (tertiary/aromatic N) is 3. The van der Waals surface area contributed by atoms with Crippen LogP contribution in [0.5, 0.6) is 0 Å². The molecule has 0 atom stereocenters. The number of fused-ring (bicyclic) bond motifs is 3. The highest BCUT2D eigenvalue weighted by Crippen LogP contribution is 2.36. The van der Waals surface area contributed by atoms with Gasteiger partial charge in [0.25, 0.3) is 0 Å². The maximum Gasteiger partial charge on any atom is 0.335 e. The van der Waals surface area contributed by atoms with Crippen molar-refractivity contribution in [3.05, 3.63) is 77.4 Å². The third-order valence-corrected chi connectivity index (χ3v) is 8.03. The number of aromatic nitrogens is 1. The average molecular weight is 538 g/mol. The minimum absolute atomic E-state index is 0.00968. The van der Waals surface area contributed by atoms with Crippen molar-refractivity contribution < 1.29 is 19.2 Å². The van der Waals surface area contributed by atoms with Gasteiger partial charge in [-0.1, -0.05) is 49.5 Å². The summed E-state index contributed by atoms with van der Waals surface area (Å²) in [5, 5.41) is 6.41. The van der Waals surface area contributed by atoms with E-state index in [1.165, 1.54) is 0 Å². The maximum atomic E-state index is 13.5. The second-order valence-corrected chi connectivity index (χ2v) is 10.6. The molecule has 40 heavy (non-hydrogen) atoms. The Morgan fingerprint density at radius 2 is 1.70 bits per heavy atom. The van der Waals surface area contributed by atoms with Gasteiger partial charge in [-0.15, -0.1) is 0 Å². The van der Waals surface area contributed by atoms with Gasteiger partial charge in [0.2, 0.25) is 0 Å². The number of hydrogen-bond donors (Lipinski definition) is 0. The molecule has 1 saturated heterocycles. The summed E-state index contributed by atoms with van der Waals surface area (Å²) in [6, 6.07) is 20.0. The molecule has 2 aliphatic heterocycles. The molecular formula is C33H35N3O4. The van der Waals surface area contributed by atoms with E-state index in [1.54, 1.807) is 0 Å². The smallest absolute Gasteiger partial charge is 0.335 e. The van der Waals surface area contributed by atoms with Gasteiger partial charge in [-0.3, -0.25) is 4.79 Å². The summed E-state index contributed by atoms with van der Waals surface area (Å²) in [5.41, 5.74) is 6.39. The van der Waals surface area contributed by atoms with Crippen LogP contribution in [0, 0.1) is 0 Å². The van der Waals surface area contributed by atoms with E-state index in [9.17, 15) is 9.59 Å². The Kier molecular flexibility index (Phi) is 7.64. The molecule has 0 saturated carbocycles. The van der Waals surface area contributed by atoms with Crippen molar-refractivity contribution in [2.45, 2.75) is 52.0 Å². The second kappa shape index (κ2) is 11.6. The van der Waals surface area contributed by atoms with Gasteiger partial charge in [0, 0.05) is 71.1 Å². The van der Waals surface area contributed by atoms with Crippen LogP contribution in [0.15, 0.2) is 65.8 Å². The predicted molar refractivity (Wildman–Crippen MR) is 158 cm³/mol. The standard InChI is InChI=1S/C33H35N3O4/c1-2-3-4-5-9-31(37)40-34-29-16-17-36-30-15-12-24(22-28(30)26-7-6-8-27(29)32(26)36)33(38)23-10-13-25(14-11-23)35-18-20-39-21-19-35/h6-8,10-15,22H,2-5,9,16-21H2,1H3/b34-29+. The summed E-state index contributed by atoms with van der Waals surface area (Å²) < 4.78 is 7.74. The largest absolute Gasteiger partial charge is 0.378 e. The zero-order valence-electron chi connectivity index (χ0n) is 23.0. The molecule has 6 rings (SSSR count). The van der Waals surface area contributed by atoms with Gasteiger partial charge in [0.15, 0.2) is 5.78 Å². The van der Waals surface area contributed by atoms with Crippen molar-refractivity contribution in [2.75, 3.05) is 31.2 Å². The van der Waals surface area contributed by atoms with Gasteiger partial charge < -0.3 is 19.0 Å². The summed E-state index contributed by atoms with van der Waals surface area (Å²) >= 11 is 0. The molecule has 7 heteroatoms. The molecule has 4 aromatic rings. The molecular weight excluding hydrogens is 502 g/mol. The molecule has 0 aliphatic carbocycles. The number of carbonyl (C=O) groups excluding carboxylic acids is 2. The van der Waals surface area contributed by atoms with Gasteiger partial charge in [0.05, 0.1) is 24.4 Å². The zero-order valence-corrected chi connectivity index (χ0v) is 23.0. The van der Waals surface area contributed by atoms with E-state index in [4.69, 9.17) is 9.57 Å². The van der Waals surface area contributed by atoms with E-state index in [0.717, 1.165) is 97.3 Å². The molecule has 206 valence electrons. The van der Waals surface area contributed by atoms with Crippen LogP contribution in [0.4, 0.5) is 5.69 Å². The summed E-state index contributed by atoms with van der Waals surface area (Å²) in [4.78, 5) is 33.3. The van der Waals surface area contributed by atoms with Crippen LogP contribution >= 0.6 is 0 Å². The molecule has 3 aromatic carbocycles. The normalized spacial score (nSPS) is 16.1. The van der Waals surface area contributed by atoms with Crippen LogP contribution in [-0.4, -0.2) is 48.3 Å². The van der Waals surface area contributed by atoms with Gasteiger partial charge in [-0.05, 0) is 48.9 Å². The molecule has 7 nitrogen and oxygen atoms in total. The first-order chi connectivity index (χ1) is 19.6. The molecule has 0 bridgehead atoms. The number of para-hydroxylation sites is 1. The number of ketones is 1. The maximum absolute atomic E-state index is 13.5. The zero-order chi connectivity index (χ0) is 27.5. The van der Waals surface area contributed by atoms with Crippen LogP contribution in [0.3, 0.4) is 0 Å². The van der Waals surface area contributed by atoms with Gasteiger partial charge in [0.1, 0.15) is 0 Å². The minimum Gasteiger partial charge on any atom is -0.378 e. The summed E-state index contributed by atoms with van der Waals surface area (Å²) in [5.74, 6) is -0.265. The van der Waals surface area contributed by atoms with Gasteiger partial charge >= 0.3 is 5.97 Å². The number of morpholine rings is 1. The molecule has 1 aromatic heterocycles. The van der Waals surface area contributed by atoms with E-state index in [-0.39, 0.29) is 11.8 Å². The fourth-order valence-electron chi connectivity index (χ4n) is 5.87. The van der Waals surface area contributed by atoms with Crippen LogP contribution in [0.25, 0.3) is 21.8 Å². The lowest BCUT2D eigenvalue weighted by Crippen LogP contribution is -2.36. The number of aryl methyl sites for hydroxylation is 1. The monoisotopic (exact) mass is 537 g/mol. The Balaban J connectivity index is 1.26. The Labute approximate surface area is 234 Å². The van der Waals surface area contributed by atoms with E-state index in [2.05, 4.69) is 27.6 Å². The number of ether oxygens (including phenoxy) is 1. The van der Waals surface area contributed by atoms with Crippen molar-refractivity contribution in [1.82, 2.24) is 4.57 Å². The second-order valence-electron chi connectivity index (χ2n) is 10.6. The number of unbranched alkanes of at least 4 members (excludes halogenated alkanes) is 3. The number of benzene rings is 3. The number of oxime groups is 1. The first kappa shape index (κ1) is 26.3. The highest BCUT2D eigenvalue weighted by Gasteiger charge is 2.23. The number of carbonyl (C=O) groups is 2. The van der Waals surface area contributed by atoms with E-state index >= 15 is 0 Å². The van der Waals surface area contributed by atoms with Crippen LogP contribution in [0.2, 0.25) is 0 Å². The Morgan fingerprint density at radius 1 is 0.900 bits per heavy atom. The van der Waals surface area contributed by atoms with Crippen molar-refractivity contribution >= 4 is 45.0 Å². The molecule has 0 radical (unpaired) electrons. The van der Waals surface area contributed by atoms with E-state index in [0.29, 0.717) is 24.0 Å². The van der Waals surface area contributed by atoms with Crippen LogP contribution in [-0.2, 0) is 20.9 Å². The molecule has 0 amide bonds. The van der Waals surface area contributed by atoms with Crippen molar-refractivity contribution in [2.24, 2.45) is 5.16 Å². The van der Waals surface area contributed by atoms with Crippen molar-refractivity contribution in [3.8, 4) is 0 Å². The number of anilines is 1. The van der Waals surface area contributed by atoms with E-state index in [1.807, 2.05) is 54.6 Å². The molecule has 3 heterocycles. The van der Waals surface area contributed by atoms with Gasteiger partial charge in [-0.2, -0.15) is 0 Å². The molecule has 0 unspecified atom stereocenters. The lowest BCUT2D eigenvalue weighted by atomic mass is 9.99. The van der Waals surface area contributed by atoms with Crippen molar-refractivity contribution in [3.63, 3.8) is 0 Å². The Bertz CT molecular complexity index is 1580. The first-order valence-corrected chi connectivity index (χ1v) is 14.4. The molecule has 0 N–H and O–H groups in total. The third-order valence-electron chi connectivity index (χ3n) is 8.03. The third kappa shape index (κ3) is 5.13. The predicted octanol–water partition coefficient (Wildman–Crippen LogP) is 6.48. The highest BCUT2D eigenvalue weighted by atomic mass is 16.7. The lowest BCUT2D eigenvalue weighted by Gasteiger charge is -2.28. The quantitative estimate of drug-likeness (QED) is 0.106.